The van der Waals surface area contributed by atoms with Crippen LogP contribution in [0, 0.1) is 0 Å². The summed E-state index contributed by atoms with van der Waals surface area (Å²) in [6.07, 6.45) is 0.187. The van der Waals surface area contributed by atoms with Crippen molar-refractivity contribution in [3.63, 3.8) is 0 Å². The molecule has 0 spiro atoms. The molecule has 1 amide bonds. The van der Waals surface area contributed by atoms with Gasteiger partial charge in [0.25, 0.3) is 0 Å². The smallest absolute Gasteiger partial charge is 0.334 e. The topological polar surface area (TPSA) is 75.6 Å². The minimum absolute atomic E-state index is 0.0300. The van der Waals surface area contributed by atoms with Crippen LogP contribution >= 0.6 is 0 Å². The van der Waals surface area contributed by atoms with Gasteiger partial charge in [0.05, 0.1) is 13.0 Å². The minimum Gasteiger partial charge on any atom is -0.479 e. The van der Waals surface area contributed by atoms with Gasteiger partial charge in [0.15, 0.2) is 6.10 Å². The van der Waals surface area contributed by atoms with E-state index < -0.39 is 12.1 Å². The number of carboxylic acid groups (broad SMARTS) is 1. The maximum atomic E-state index is 11.7. The van der Waals surface area contributed by atoms with Crippen molar-refractivity contribution in [1.29, 1.82) is 0 Å². The van der Waals surface area contributed by atoms with Crippen LogP contribution in [0.4, 0.5) is 0 Å². The molecule has 0 bridgehead atoms. The molecule has 1 atom stereocenters. The van der Waals surface area contributed by atoms with Crippen LogP contribution in [-0.2, 0) is 27.2 Å². The van der Waals surface area contributed by atoms with Crippen LogP contribution in [0.2, 0.25) is 0 Å². The number of aliphatic carboxylic acids is 1. The first kappa shape index (κ1) is 15.2. The van der Waals surface area contributed by atoms with Crippen molar-refractivity contribution < 1.29 is 19.4 Å². The molecule has 0 aliphatic carbocycles. The Balaban J connectivity index is 2.44. The number of hydrogen-bond acceptors (Lipinski definition) is 3. The number of carboxylic acids is 1. The molecule has 0 saturated heterocycles. The van der Waals surface area contributed by atoms with E-state index in [1.165, 1.54) is 12.7 Å². The highest BCUT2D eigenvalue weighted by molar-refractivity contribution is 5.80. The fourth-order valence-corrected chi connectivity index (χ4v) is 1.62. The Morgan fingerprint density at radius 1 is 1.26 bits per heavy atom. The maximum Gasteiger partial charge on any atom is 0.334 e. The standard InChI is InChI=1S/C14H19NO4/c1-3-10-4-6-11(7-5-10)8-13(16)15-9-12(19-2)14(17)18/h4-7,12H,3,8-9H2,1-2H3,(H,15,16)(H,17,18). The van der Waals surface area contributed by atoms with E-state index in [4.69, 9.17) is 9.84 Å². The number of benzene rings is 1. The van der Waals surface area contributed by atoms with Gasteiger partial charge in [-0.25, -0.2) is 4.79 Å². The maximum absolute atomic E-state index is 11.7. The molecular weight excluding hydrogens is 246 g/mol. The Hall–Kier alpha value is -1.88. The summed E-state index contributed by atoms with van der Waals surface area (Å²) in [4.78, 5) is 22.3. The molecule has 5 nitrogen and oxygen atoms in total. The predicted octanol–water partition coefficient (Wildman–Crippen LogP) is 1.01. The molecule has 5 heteroatoms. The Bertz CT molecular complexity index is 428. The summed E-state index contributed by atoms with van der Waals surface area (Å²) in [5, 5.41) is 11.3. The molecule has 1 rings (SSSR count). The van der Waals surface area contributed by atoms with Crippen molar-refractivity contribution in [2.45, 2.75) is 25.9 Å². The Morgan fingerprint density at radius 3 is 2.32 bits per heavy atom. The number of amides is 1. The predicted molar refractivity (Wildman–Crippen MR) is 71.0 cm³/mol. The van der Waals surface area contributed by atoms with E-state index in [0.29, 0.717) is 0 Å². The lowest BCUT2D eigenvalue weighted by Gasteiger charge is -2.11. The second kappa shape index (κ2) is 7.53. The Labute approximate surface area is 112 Å². The van der Waals surface area contributed by atoms with Crippen molar-refractivity contribution in [2.24, 2.45) is 0 Å². The van der Waals surface area contributed by atoms with Gasteiger partial charge in [-0.15, -0.1) is 0 Å². The first-order valence-electron chi connectivity index (χ1n) is 6.17. The second-order valence-corrected chi connectivity index (χ2v) is 4.21. The lowest BCUT2D eigenvalue weighted by atomic mass is 10.1. The summed E-state index contributed by atoms with van der Waals surface area (Å²) in [5.41, 5.74) is 2.12. The number of nitrogens with one attached hydrogen (secondary N) is 1. The lowest BCUT2D eigenvalue weighted by Crippen LogP contribution is -2.38. The fraction of sp³-hybridized carbons (Fsp3) is 0.429. The lowest BCUT2D eigenvalue weighted by molar-refractivity contribution is -0.148. The molecule has 0 radical (unpaired) electrons. The van der Waals surface area contributed by atoms with Gasteiger partial charge in [0, 0.05) is 7.11 Å². The van der Waals surface area contributed by atoms with Crippen molar-refractivity contribution in [1.82, 2.24) is 5.32 Å². The van der Waals surface area contributed by atoms with Crippen molar-refractivity contribution >= 4 is 11.9 Å². The molecule has 0 aromatic heterocycles. The van der Waals surface area contributed by atoms with E-state index in [1.54, 1.807) is 0 Å². The molecule has 0 fully saturated rings. The number of ether oxygens (including phenoxy) is 1. The highest BCUT2D eigenvalue weighted by Gasteiger charge is 2.17. The average Bonchev–Trinajstić information content (AvgIpc) is 2.40. The Kier molecular flexibility index (Phi) is 6.02. The van der Waals surface area contributed by atoms with Gasteiger partial charge < -0.3 is 15.2 Å². The molecule has 1 unspecified atom stereocenters. The van der Waals surface area contributed by atoms with E-state index in [9.17, 15) is 9.59 Å². The summed E-state index contributed by atoms with van der Waals surface area (Å²) in [6.45, 7) is 2.04. The molecule has 2 N–H and O–H groups in total. The van der Waals surface area contributed by atoms with E-state index in [0.717, 1.165) is 12.0 Å². The van der Waals surface area contributed by atoms with Gasteiger partial charge in [0.1, 0.15) is 0 Å². The summed E-state index contributed by atoms with van der Waals surface area (Å²) in [5.74, 6) is -1.30. The monoisotopic (exact) mass is 265 g/mol. The number of aryl methyl sites for hydroxylation is 1. The van der Waals surface area contributed by atoms with E-state index >= 15 is 0 Å². The molecule has 0 aliphatic heterocycles. The van der Waals surface area contributed by atoms with Crippen LogP contribution in [0.3, 0.4) is 0 Å². The SMILES string of the molecule is CCc1ccc(CC(=O)NCC(OC)C(=O)O)cc1. The molecule has 0 heterocycles. The first-order chi connectivity index (χ1) is 9.06. The Morgan fingerprint density at radius 2 is 1.84 bits per heavy atom. The third kappa shape index (κ3) is 5.09. The zero-order valence-electron chi connectivity index (χ0n) is 11.2. The van der Waals surface area contributed by atoms with Gasteiger partial charge >= 0.3 is 5.97 Å². The second-order valence-electron chi connectivity index (χ2n) is 4.21. The van der Waals surface area contributed by atoms with Crippen LogP contribution in [0.15, 0.2) is 24.3 Å². The molecular formula is C14H19NO4. The number of carbonyl (C=O) groups is 2. The molecule has 19 heavy (non-hydrogen) atoms. The van der Waals surface area contributed by atoms with Gasteiger partial charge in [-0.3, -0.25) is 4.79 Å². The molecule has 0 aliphatic rings. The van der Waals surface area contributed by atoms with Crippen LogP contribution < -0.4 is 5.32 Å². The molecule has 0 saturated carbocycles. The van der Waals surface area contributed by atoms with Crippen molar-refractivity contribution in [2.75, 3.05) is 13.7 Å². The number of rotatable bonds is 7. The number of carbonyl (C=O) groups excluding carboxylic acids is 1. The molecule has 104 valence electrons. The quantitative estimate of drug-likeness (QED) is 0.771. The zero-order valence-corrected chi connectivity index (χ0v) is 11.2. The molecule has 1 aromatic rings. The van der Waals surface area contributed by atoms with Crippen LogP contribution in [0.25, 0.3) is 0 Å². The minimum atomic E-state index is -1.09. The van der Waals surface area contributed by atoms with E-state index in [1.807, 2.05) is 24.3 Å². The highest BCUT2D eigenvalue weighted by atomic mass is 16.5. The largest absolute Gasteiger partial charge is 0.479 e. The molecule has 1 aromatic carbocycles. The summed E-state index contributed by atoms with van der Waals surface area (Å²) < 4.78 is 4.73. The van der Waals surface area contributed by atoms with Gasteiger partial charge in [-0.1, -0.05) is 31.2 Å². The third-order valence-electron chi connectivity index (χ3n) is 2.84. The summed E-state index contributed by atoms with van der Waals surface area (Å²) >= 11 is 0. The van der Waals surface area contributed by atoms with Crippen LogP contribution in [0.5, 0.6) is 0 Å². The summed E-state index contributed by atoms with van der Waals surface area (Å²) in [7, 11) is 1.30. The number of methoxy groups -OCH3 is 1. The average molecular weight is 265 g/mol. The number of hydrogen-bond donors (Lipinski definition) is 2. The van der Waals surface area contributed by atoms with Gasteiger partial charge in [-0.05, 0) is 17.5 Å². The highest BCUT2D eigenvalue weighted by Crippen LogP contribution is 2.05. The third-order valence-corrected chi connectivity index (χ3v) is 2.84. The summed E-state index contributed by atoms with van der Waals surface area (Å²) in [6, 6.07) is 7.78. The van der Waals surface area contributed by atoms with Gasteiger partial charge in [0.2, 0.25) is 5.91 Å². The van der Waals surface area contributed by atoms with E-state index in [-0.39, 0.29) is 18.9 Å². The fourth-order valence-electron chi connectivity index (χ4n) is 1.62. The van der Waals surface area contributed by atoms with Crippen LogP contribution in [-0.4, -0.2) is 36.7 Å². The van der Waals surface area contributed by atoms with E-state index in [2.05, 4.69) is 12.2 Å². The van der Waals surface area contributed by atoms with Gasteiger partial charge in [-0.2, -0.15) is 0 Å². The van der Waals surface area contributed by atoms with Crippen LogP contribution in [0.1, 0.15) is 18.1 Å². The first-order valence-corrected chi connectivity index (χ1v) is 6.17. The van der Waals surface area contributed by atoms with Crippen molar-refractivity contribution in [3.05, 3.63) is 35.4 Å². The normalized spacial score (nSPS) is 11.9. The van der Waals surface area contributed by atoms with Crippen molar-refractivity contribution in [3.8, 4) is 0 Å². The zero-order chi connectivity index (χ0) is 14.3.